The van der Waals surface area contributed by atoms with Crippen molar-refractivity contribution in [1.29, 1.82) is 0 Å². The van der Waals surface area contributed by atoms with Crippen LogP contribution in [0.15, 0.2) is 29.4 Å². The van der Waals surface area contributed by atoms with Crippen molar-refractivity contribution in [2.45, 2.75) is 32.4 Å². The van der Waals surface area contributed by atoms with Crippen LogP contribution < -0.4 is 16.0 Å². The lowest BCUT2D eigenvalue weighted by atomic mass is 10.1. The van der Waals surface area contributed by atoms with Gasteiger partial charge in [0.1, 0.15) is 5.65 Å². The number of carbonyl (C=O) groups excluding carboxylic acids is 1. The van der Waals surface area contributed by atoms with Crippen molar-refractivity contribution in [3.05, 3.63) is 35.8 Å². The molecule has 3 heterocycles. The number of likely N-dealkylation sites (N-methyl/N-ethyl adjacent to an activating group) is 1. The molecule has 9 heteroatoms. The third kappa shape index (κ3) is 5.81. The lowest BCUT2D eigenvalue weighted by Gasteiger charge is -2.32. The number of imidazole rings is 1. The Labute approximate surface area is 183 Å². The lowest BCUT2D eigenvalue weighted by Crippen LogP contribution is -2.49. The third-order valence-corrected chi connectivity index (χ3v) is 4.98. The van der Waals surface area contributed by atoms with Crippen molar-refractivity contribution >= 4 is 41.5 Å². The summed E-state index contributed by atoms with van der Waals surface area (Å²) in [5, 5.41) is 9.51. The average Bonchev–Trinajstić information content (AvgIpc) is 3.11. The summed E-state index contributed by atoms with van der Waals surface area (Å²) in [6, 6.07) is 6.46. The Morgan fingerprint density at radius 1 is 1.32 bits per heavy atom. The van der Waals surface area contributed by atoms with Crippen molar-refractivity contribution in [3.8, 4) is 0 Å². The summed E-state index contributed by atoms with van der Waals surface area (Å²) >= 11 is 0. The summed E-state index contributed by atoms with van der Waals surface area (Å²) in [5.41, 5.74) is 3.10. The Morgan fingerprint density at radius 2 is 2.07 bits per heavy atom. The van der Waals surface area contributed by atoms with E-state index in [1.54, 1.807) is 14.1 Å². The summed E-state index contributed by atoms with van der Waals surface area (Å²) in [6.45, 7) is 4.99. The number of carbonyl (C=O) groups is 1. The summed E-state index contributed by atoms with van der Waals surface area (Å²) in [6.07, 6.45) is 4.04. The Balaban J connectivity index is 0.00000280. The number of amides is 1. The smallest absolute Gasteiger partial charge is 0.233 e. The minimum absolute atomic E-state index is 0. The van der Waals surface area contributed by atoms with Gasteiger partial charge in [0.25, 0.3) is 0 Å². The number of aryl methyl sites for hydroxylation is 1. The van der Waals surface area contributed by atoms with Crippen molar-refractivity contribution in [3.63, 3.8) is 0 Å². The number of nitrogens with zero attached hydrogens (tertiary/aromatic N) is 4. The molecule has 8 nitrogen and oxygen atoms in total. The molecule has 0 saturated carbocycles. The van der Waals surface area contributed by atoms with Crippen LogP contribution in [0.3, 0.4) is 0 Å². The Morgan fingerprint density at radius 3 is 2.71 bits per heavy atom. The fraction of sp³-hybridized carbons (Fsp3) is 0.526. The van der Waals surface area contributed by atoms with Gasteiger partial charge in [-0.25, -0.2) is 4.98 Å². The Bertz CT molecular complexity index is 812. The highest BCUT2D eigenvalue weighted by molar-refractivity contribution is 14.0. The predicted molar refractivity (Wildman–Crippen MR) is 122 cm³/mol. The molecule has 28 heavy (non-hydrogen) atoms. The maximum Gasteiger partial charge on any atom is 0.233 e. The standard InChI is InChI=1S/C19H29N7O.HI/c1-14-5-4-6-17-23-16(12-26(14)17)11-22-19(21-3)24-15-7-9-25(10-8-15)13-18(27)20-2;/h4-6,12,15H,7-11,13H2,1-3H3,(H,20,27)(H2,21,22,24);1H. The molecule has 154 valence electrons. The van der Waals surface area contributed by atoms with E-state index >= 15 is 0 Å². The number of fused-ring (bicyclic) bond motifs is 1. The largest absolute Gasteiger partial charge is 0.358 e. The first-order chi connectivity index (χ1) is 13.1. The van der Waals surface area contributed by atoms with E-state index in [1.165, 1.54) is 0 Å². The van der Waals surface area contributed by atoms with Crippen LogP contribution >= 0.6 is 24.0 Å². The van der Waals surface area contributed by atoms with Gasteiger partial charge in [-0.2, -0.15) is 0 Å². The zero-order valence-corrected chi connectivity index (χ0v) is 19.1. The van der Waals surface area contributed by atoms with Crippen LogP contribution in [0, 0.1) is 6.92 Å². The molecule has 1 aliphatic heterocycles. The molecule has 2 aromatic rings. The van der Waals surface area contributed by atoms with E-state index in [0.717, 1.165) is 48.9 Å². The van der Waals surface area contributed by atoms with Crippen LogP contribution in [0.5, 0.6) is 0 Å². The molecule has 0 spiro atoms. The molecule has 1 amide bonds. The van der Waals surface area contributed by atoms with Gasteiger partial charge >= 0.3 is 0 Å². The molecule has 0 aromatic carbocycles. The molecule has 1 saturated heterocycles. The van der Waals surface area contributed by atoms with Crippen molar-refractivity contribution < 1.29 is 4.79 Å². The number of piperidine rings is 1. The Hall–Kier alpha value is -1.88. The zero-order valence-electron chi connectivity index (χ0n) is 16.7. The molecular weight excluding hydrogens is 469 g/mol. The first-order valence-corrected chi connectivity index (χ1v) is 9.42. The average molecular weight is 499 g/mol. The molecular formula is C19H30IN7O. The lowest BCUT2D eigenvalue weighted by molar-refractivity contribution is -0.122. The summed E-state index contributed by atoms with van der Waals surface area (Å²) in [7, 11) is 3.46. The second kappa shape index (κ2) is 10.6. The highest BCUT2D eigenvalue weighted by Gasteiger charge is 2.21. The van der Waals surface area contributed by atoms with Crippen LogP contribution in [-0.4, -0.2) is 65.9 Å². The first kappa shape index (κ1) is 22.4. The molecule has 2 aromatic heterocycles. The van der Waals surface area contributed by atoms with Gasteiger partial charge in [-0.05, 0) is 31.9 Å². The molecule has 0 unspecified atom stereocenters. The van der Waals surface area contributed by atoms with Gasteiger partial charge in [-0.15, -0.1) is 24.0 Å². The summed E-state index contributed by atoms with van der Waals surface area (Å²) < 4.78 is 2.09. The number of aliphatic imine (C=N–C) groups is 1. The monoisotopic (exact) mass is 499 g/mol. The van der Waals surface area contributed by atoms with Gasteiger partial charge in [0.15, 0.2) is 5.96 Å². The van der Waals surface area contributed by atoms with E-state index < -0.39 is 0 Å². The number of hydrogen-bond donors (Lipinski definition) is 3. The quantitative estimate of drug-likeness (QED) is 0.327. The van der Waals surface area contributed by atoms with Crippen LogP contribution in [0.4, 0.5) is 0 Å². The summed E-state index contributed by atoms with van der Waals surface area (Å²) in [5.74, 6) is 0.857. The van der Waals surface area contributed by atoms with Gasteiger partial charge in [-0.1, -0.05) is 6.07 Å². The zero-order chi connectivity index (χ0) is 19.2. The maximum atomic E-state index is 11.5. The van der Waals surface area contributed by atoms with Crippen LogP contribution in [-0.2, 0) is 11.3 Å². The van der Waals surface area contributed by atoms with Crippen LogP contribution in [0.25, 0.3) is 5.65 Å². The van der Waals surface area contributed by atoms with Gasteiger partial charge in [0.2, 0.25) is 5.91 Å². The second-order valence-corrected chi connectivity index (χ2v) is 6.92. The van der Waals surface area contributed by atoms with Crippen molar-refractivity contribution in [2.75, 3.05) is 33.7 Å². The molecule has 1 fully saturated rings. The fourth-order valence-electron chi connectivity index (χ4n) is 3.36. The number of likely N-dealkylation sites (tertiary alicyclic amines) is 1. The molecule has 0 atom stereocenters. The normalized spacial score (nSPS) is 15.9. The highest BCUT2D eigenvalue weighted by Crippen LogP contribution is 2.10. The molecule has 3 rings (SSSR count). The first-order valence-electron chi connectivity index (χ1n) is 9.42. The van der Waals surface area contributed by atoms with E-state index in [1.807, 2.05) is 12.1 Å². The topological polar surface area (TPSA) is 86.1 Å². The summed E-state index contributed by atoms with van der Waals surface area (Å²) in [4.78, 5) is 22.6. The maximum absolute atomic E-state index is 11.5. The number of pyridine rings is 1. The fourth-order valence-corrected chi connectivity index (χ4v) is 3.36. The molecule has 1 aliphatic rings. The minimum atomic E-state index is 0. The van der Waals surface area contributed by atoms with E-state index in [2.05, 4.69) is 54.4 Å². The highest BCUT2D eigenvalue weighted by atomic mass is 127. The molecule has 0 aliphatic carbocycles. The van der Waals surface area contributed by atoms with Crippen LogP contribution in [0.1, 0.15) is 24.2 Å². The van der Waals surface area contributed by atoms with Crippen molar-refractivity contribution in [1.82, 2.24) is 30.2 Å². The second-order valence-electron chi connectivity index (χ2n) is 6.92. The molecule has 0 radical (unpaired) electrons. The van der Waals surface area contributed by atoms with Gasteiger partial charge in [0.05, 0.1) is 18.8 Å². The number of rotatable bonds is 5. The molecule has 3 N–H and O–H groups in total. The third-order valence-electron chi connectivity index (χ3n) is 4.98. The minimum Gasteiger partial charge on any atom is -0.358 e. The predicted octanol–water partition coefficient (Wildman–Crippen LogP) is 1.14. The van der Waals surface area contributed by atoms with E-state index in [9.17, 15) is 4.79 Å². The molecule has 0 bridgehead atoms. The SMILES string of the molecule is CN=C(NCc1cn2c(C)cccc2n1)NC1CCN(CC(=O)NC)CC1.I. The number of halogens is 1. The van der Waals surface area contributed by atoms with Crippen LogP contribution in [0.2, 0.25) is 0 Å². The Kier molecular flexibility index (Phi) is 8.49. The number of nitrogens with one attached hydrogen (secondary N) is 3. The number of hydrogen-bond acceptors (Lipinski definition) is 4. The van der Waals surface area contributed by atoms with E-state index in [-0.39, 0.29) is 29.9 Å². The van der Waals surface area contributed by atoms with E-state index in [4.69, 9.17) is 0 Å². The van der Waals surface area contributed by atoms with Gasteiger partial charge < -0.3 is 20.4 Å². The van der Waals surface area contributed by atoms with Crippen molar-refractivity contribution in [2.24, 2.45) is 4.99 Å². The van der Waals surface area contributed by atoms with Gasteiger partial charge in [-0.3, -0.25) is 14.7 Å². The number of aromatic nitrogens is 2. The van der Waals surface area contributed by atoms with Gasteiger partial charge in [0, 0.05) is 45.1 Å². The number of guanidine groups is 1. The van der Waals surface area contributed by atoms with E-state index in [0.29, 0.717) is 19.1 Å².